The van der Waals surface area contributed by atoms with Gasteiger partial charge in [-0.25, -0.2) is 4.98 Å². The highest BCUT2D eigenvalue weighted by molar-refractivity contribution is 6.30. The molecule has 3 heterocycles. The summed E-state index contributed by atoms with van der Waals surface area (Å²) in [6.07, 6.45) is 0. The third-order valence-electron chi connectivity index (χ3n) is 5.50. The van der Waals surface area contributed by atoms with Crippen LogP contribution >= 0.6 is 11.6 Å². The first-order chi connectivity index (χ1) is 14.1. The van der Waals surface area contributed by atoms with Crippen molar-refractivity contribution in [2.75, 3.05) is 19.9 Å². The SMILES string of the molecule is CC1C(=O)NCCN1Cc1cc2cc3c(cc2nc1-c1ccc(Cl)cc1)OCO3. The zero-order chi connectivity index (χ0) is 20.0. The average molecular weight is 410 g/mol. The second-order valence-corrected chi connectivity index (χ2v) is 7.78. The maximum Gasteiger partial charge on any atom is 0.237 e. The molecular weight excluding hydrogens is 390 g/mol. The number of pyridine rings is 1. The van der Waals surface area contributed by atoms with E-state index in [1.807, 2.05) is 43.3 Å². The second kappa shape index (κ2) is 7.21. The van der Waals surface area contributed by atoms with Gasteiger partial charge in [0.25, 0.3) is 0 Å². The largest absolute Gasteiger partial charge is 0.454 e. The number of nitrogens with zero attached hydrogens (tertiary/aromatic N) is 2. The van der Waals surface area contributed by atoms with E-state index in [-0.39, 0.29) is 18.7 Å². The minimum absolute atomic E-state index is 0.0569. The molecule has 7 heteroatoms. The fourth-order valence-electron chi connectivity index (χ4n) is 3.85. The first-order valence-electron chi connectivity index (χ1n) is 9.59. The van der Waals surface area contributed by atoms with Crippen LogP contribution in [0.5, 0.6) is 11.5 Å². The van der Waals surface area contributed by atoms with Crippen molar-refractivity contribution < 1.29 is 14.3 Å². The van der Waals surface area contributed by atoms with Gasteiger partial charge in [0.1, 0.15) is 0 Å². The number of amides is 1. The number of ether oxygens (including phenoxy) is 2. The average Bonchev–Trinajstić information content (AvgIpc) is 3.17. The molecule has 2 aliphatic rings. The molecule has 1 aromatic heterocycles. The molecule has 1 saturated heterocycles. The molecule has 0 bridgehead atoms. The fourth-order valence-corrected chi connectivity index (χ4v) is 3.98. The van der Waals surface area contributed by atoms with E-state index in [1.165, 1.54) is 0 Å². The van der Waals surface area contributed by atoms with Crippen LogP contribution < -0.4 is 14.8 Å². The van der Waals surface area contributed by atoms with Crippen LogP contribution in [0.25, 0.3) is 22.2 Å². The first-order valence-corrected chi connectivity index (χ1v) is 9.97. The Hall–Kier alpha value is -2.83. The highest BCUT2D eigenvalue weighted by Gasteiger charge is 2.26. The summed E-state index contributed by atoms with van der Waals surface area (Å²) in [5, 5.41) is 4.58. The van der Waals surface area contributed by atoms with Gasteiger partial charge in [0.2, 0.25) is 12.7 Å². The van der Waals surface area contributed by atoms with Gasteiger partial charge in [0, 0.05) is 41.7 Å². The number of carbonyl (C=O) groups excluding carboxylic acids is 1. The number of fused-ring (bicyclic) bond motifs is 2. The molecule has 1 fully saturated rings. The molecule has 0 radical (unpaired) electrons. The van der Waals surface area contributed by atoms with Crippen molar-refractivity contribution >= 4 is 28.4 Å². The predicted molar refractivity (Wildman–Crippen MR) is 111 cm³/mol. The van der Waals surface area contributed by atoms with Crippen LogP contribution in [0.3, 0.4) is 0 Å². The highest BCUT2D eigenvalue weighted by atomic mass is 35.5. The smallest absolute Gasteiger partial charge is 0.237 e. The third-order valence-corrected chi connectivity index (χ3v) is 5.76. The van der Waals surface area contributed by atoms with Gasteiger partial charge in [-0.15, -0.1) is 0 Å². The summed E-state index contributed by atoms with van der Waals surface area (Å²) < 4.78 is 11.0. The molecule has 29 heavy (non-hydrogen) atoms. The van der Waals surface area contributed by atoms with Gasteiger partial charge in [0.05, 0.1) is 17.3 Å². The Labute approximate surface area is 173 Å². The maximum absolute atomic E-state index is 12.1. The number of hydrogen-bond donors (Lipinski definition) is 1. The number of benzene rings is 2. The van der Waals surface area contributed by atoms with E-state index < -0.39 is 0 Å². The van der Waals surface area contributed by atoms with Crippen LogP contribution in [-0.4, -0.2) is 41.7 Å². The number of aromatic nitrogens is 1. The van der Waals surface area contributed by atoms with Crippen LogP contribution in [0.4, 0.5) is 0 Å². The number of carbonyl (C=O) groups is 1. The second-order valence-electron chi connectivity index (χ2n) is 7.34. The van der Waals surface area contributed by atoms with Crippen LogP contribution in [0.2, 0.25) is 5.02 Å². The molecule has 2 aliphatic heterocycles. The molecule has 0 spiro atoms. The van der Waals surface area contributed by atoms with Crippen LogP contribution in [0, 0.1) is 0 Å². The Kier molecular flexibility index (Phi) is 4.53. The standard InChI is InChI=1S/C22H20ClN3O3/c1-13-22(27)24-6-7-26(13)11-16-8-15-9-19-20(29-12-28-19)10-18(15)25-21(16)14-2-4-17(23)5-3-14/h2-5,8-10,13H,6-7,11-12H2,1H3,(H,24,27). The zero-order valence-corrected chi connectivity index (χ0v) is 16.7. The summed E-state index contributed by atoms with van der Waals surface area (Å²) in [7, 11) is 0. The Morgan fingerprint density at radius 3 is 2.72 bits per heavy atom. The molecule has 5 rings (SSSR count). The summed E-state index contributed by atoms with van der Waals surface area (Å²) in [6, 6.07) is 13.5. The fraction of sp³-hybridized carbons (Fsp3) is 0.273. The van der Waals surface area contributed by atoms with Crippen molar-refractivity contribution in [1.29, 1.82) is 0 Å². The lowest BCUT2D eigenvalue weighted by Crippen LogP contribution is -2.53. The van der Waals surface area contributed by atoms with Gasteiger partial charge in [-0.1, -0.05) is 23.7 Å². The lowest BCUT2D eigenvalue weighted by molar-refractivity contribution is -0.128. The number of piperazine rings is 1. The van der Waals surface area contributed by atoms with Crippen LogP contribution in [-0.2, 0) is 11.3 Å². The van der Waals surface area contributed by atoms with Gasteiger partial charge in [0.15, 0.2) is 11.5 Å². The van der Waals surface area contributed by atoms with E-state index in [0.29, 0.717) is 23.9 Å². The van der Waals surface area contributed by atoms with Crippen molar-refractivity contribution in [3.8, 4) is 22.8 Å². The zero-order valence-electron chi connectivity index (χ0n) is 15.9. The van der Waals surface area contributed by atoms with E-state index in [4.69, 9.17) is 26.1 Å². The molecule has 6 nitrogen and oxygen atoms in total. The summed E-state index contributed by atoms with van der Waals surface area (Å²) in [5.41, 5.74) is 3.76. The predicted octanol–water partition coefficient (Wildman–Crippen LogP) is 3.60. The van der Waals surface area contributed by atoms with Crippen molar-refractivity contribution in [3.05, 3.63) is 53.1 Å². The normalized spacial score (nSPS) is 18.8. The number of rotatable bonds is 3. The number of halogens is 1. The molecule has 1 amide bonds. The molecule has 0 saturated carbocycles. The summed E-state index contributed by atoms with van der Waals surface area (Å²) in [4.78, 5) is 19.2. The Morgan fingerprint density at radius 2 is 1.93 bits per heavy atom. The van der Waals surface area contributed by atoms with Crippen molar-refractivity contribution in [2.24, 2.45) is 0 Å². The van der Waals surface area contributed by atoms with E-state index in [2.05, 4.69) is 16.3 Å². The molecule has 2 aromatic carbocycles. The van der Waals surface area contributed by atoms with E-state index in [0.717, 1.165) is 40.0 Å². The molecule has 148 valence electrons. The number of nitrogens with one attached hydrogen (secondary N) is 1. The molecule has 0 aliphatic carbocycles. The summed E-state index contributed by atoms with van der Waals surface area (Å²) in [5.74, 6) is 1.50. The van der Waals surface area contributed by atoms with Crippen molar-refractivity contribution in [1.82, 2.24) is 15.2 Å². The molecule has 1 unspecified atom stereocenters. The minimum Gasteiger partial charge on any atom is -0.454 e. The Balaban J connectivity index is 1.63. The minimum atomic E-state index is -0.186. The van der Waals surface area contributed by atoms with Gasteiger partial charge < -0.3 is 14.8 Å². The van der Waals surface area contributed by atoms with Gasteiger partial charge in [-0.3, -0.25) is 9.69 Å². The van der Waals surface area contributed by atoms with Gasteiger partial charge >= 0.3 is 0 Å². The van der Waals surface area contributed by atoms with E-state index in [9.17, 15) is 4.79 Å². The van der Waals surface area contributed by atoms with E-state index >= 15 is 0 Å². The van der Waals surface area contributed by atoms with Crippen LogP contribution in [0.15, 0.2) is 42.5 Å². The maximum atomic E-state index is 12.1. The molecular formula is C22H20ClN3O3. The summed E-state index contributed by atoms with van der Waals surface area (Å²) in [6.45, 7) is 4.24. The monoisotopic (exact) mass is 409 g/mol. The molecule has 3 aromatic rings. The quantitative estimate of drug-likeness (QED) is 0.716. The van der Waals surface area contributed by atoms with Crippen molar-refractivity contribution in [3.63, 3.8) is 0 Å². The molecule has 1 atom stereocenters. The first kappa shape index (κ1) is 18.2. The van der Waals surface area contributed by atoms with Crippen LogP contribution in [0.1, 0.15) is 12.5 Å². The lowest BCUT2D eigenvalue weighted by Gasteiger charge is -2.33. The Morgan fingerprint density at radius 1 is 1.17 bits per heavy atom. The Bertz CT molecular complexity index is 1100. The topological polar surface area (TPSA) is 63.7 Å². The number of hydrogen-bond acceptors (Lipinski definition) is 5. The lowest BCUT2D eigenvalue weighted by atomic mass is 10.0. The molecule has 1 N–H and O–H groups in total. The summed E-state index contributed by atoms with van der Waals surface area (Å²) >= 11 is 6.09. The highest BCUT2D eigenvalue weighted by Crippen LogP contribution is 2.37. The van der Waals surface area contributed by atoms with Gasteiger partial charge in [-0.2, -0.15) is 0 Å². The van der Waals surface area contributed by atoms with Crippen molar-refractivity contribution in [2.45, 2.75) is 19.5 Å². The van der Waals surface area contributed by atoms with Gasteiger partial charge in [-0.05, 0) is 36.8 Å². The third kappa shape index (κ3) is 3.39. The van der Waals surface area contributed by atoms with E-state index in [1.54, 1.807) is 0 Å².